The second-order valence-electron chi connectivity index (χ2n) is 5.73. The molecular weight excluding hydrogens is 366 g/mol. The summed E-state index contributed by atoms with van der Waals surface area (Å²) >= 11 is 3.47. The fourth-order valence-electron chi connectivity index (χ4n) is 2.85. The highest BCUT2D eigenvalue weighted by Gasteiger charge is 2.14. The lowest BCUT2D eigenvalue weighted by molar-refractivity contribution is -0.136. The number of aliphatic carboxylic acids is 1. The Kier molecular flexibility index (Phi) is 4.86. The highest BCUT2D eigenvalue weighted by molar-refractivity contribution is 9.10. The number of aryl methyl sites for hydroxylation is 2. The number of para-hydroxylation sites is 1. The monoisotopic (exact) mass is 383 g/mol. The third-order valence-electron chi connectivity index (χ3n) is 4.05. The van der Waals surface area contributed by atoms with Gasteiger partial charge in [-0.15, -0.1) is 0 Å². The number of carboxylic acids is 1. The molecule has 0 saturated heterocycles. The third-order valence-corrected chi connectivity index (χ3v) is 4.58. The highest BCUT2D eigenvalue weighted by Crippen LogP contribution is 2.29. The molecule has 1 aromatic heterocycles. The number of nitrogens with zero attached hydrogens (tertiary/aromatic N) is 1. The SMILES string of the molecule is Cc1ccccc1-n1c(CCC(=O)O)ccc1-c1ccc(Br)cc1. The fraction of sp³-hybridized carbons (Fsp3) is 0.150. The number of aromatic nitrogens is 1. The van der Waals surface area contributed by atoms with E-state index in [1.54, 1.807) is 0 Å². The predicted molar refractivity (Wildman–Crippen MR) is 99.6 cm³/mol. The molecule has 2 aromatic carbocycles. The molecule has 3 aromatic rings. The summed E-state index contributed by atoms with van der Waals surface area (Å²) in [5.41, 5.74) is 5.41. The molecule has 4 heteroatoms. The van der Waals surface area contributed by atoms with Crippen LogP contribution in [-0.4, -0.2) is 15.6 Å². The van der Waals surface area contributed by atoms with Crippen molar-refractivity contribution >= 4 is 21.9 Å². The summed E-state index contributed by atoms with van der Waals surface area (Å²) in [7, 11) is 0. The van der Waals surface area contributed by atoms with E-state index in [0.29, 0.717) is 6.42 Å². The molecule has 0 radical (unpaired) electrons. The van der Waals surface area contributed by atoms with Crippen LogP contribution in [0.2, 0.25) is 0 Å². The Morgan fingerprint density at radius 3 is 2.42 bits per heavy atom. The van der Waals surface area contributed by atoms with Crippen molar-refractivity contribution in [2.24, 2.45) is 0 Å². The zero-order chi connectivity index (χ0) is 17.1. The Bertz CT molecular complexity index is 866. The summed E-state index contributed by atoms with van der Waals surface area (Å²) < 4.78 is 3.20. The Morgan fingerprint density at radius 2 is 1.75 bits per heavy atom. The van der Waals surface area contributed by atoms with Crippen LogP contribution in [0.5, 0.6) is 0 Å². The molecule has 122 valence electrons. The molecule has 24 heavy (non-hydrogen) atoms. The van der Waals surface area contributed by atoms with Gasteiger partial charge in [0.2, 0.25) is 0 Å². The molecule has 0 unspecified atom stereocenters. The Labute approximate surface area is 149 Å². The van der Waals surface area contributed by atoms with Crippen LogP contribution in [0.4, 0.5) is 0 Å². The van der Waals surface area contributed by atoms with Crippen LogP contribution in [0, 0.1) is 6.92 Å². The average Bonchev–Trinajstić information content (AvgIpc) is 2.98. The van der Waals surface area contributed by atoms with Gasteiger partial charge in [-0.3, -0.25) is 4.79 Å². The lowest BCUT2D eigenvalue weighted by Gasteiger charge is -2.16. The van der Waals surface area contributed by atoms with Gasteiger partial charge < -0.3 is 9.67 Å². The van der Waals surface area contributed by atoms with E-state index < -0.39 is 5.97 Å². The molecular formula is C20H18BrNO2. The first-order valence-electron chi connectivity index (χ1n) is 7.80. The standard InChI is InChI=1S/C20H18BrNO2/c1-14-4-2-3-5-18(14)22-17(11-13-20(23)24)10-12-19(22)15-6-8-16(21)9-7-15/h2-10,12H,11,13H2,1H3,(H,23,24). The van der Waals surface area contributed by atoms with Gasteiger partial charge in [-0.1, -0.05) is 46.3 Å². The van der Waals surface area contributed by atoms with Gasteiger partial charge in [0.15, 0.2) is 0 Å². The normalized spacial score (nSPS) is 10.8. The van der Waals surface area contributed by atoms with Crippen LogP contribution in [0.15, 0.2) is 65.1 Å². The highest BCUT2D eigenvalue weighted by atomic mass is 79.9. The van der Waals surface area contributed by atoms with E-state index in [1.807, 2.05) is 30.3 Å². The summed E-state index contributed by atoms with van der Waals surface area (Å²) in [5, 5.41) is 9.03. The minimum atomic E-state index is -0.780. The Morgan fingerprint density at radius 1 is 1.04 bits per heavy atom. The van der Waals surface area contributed by atoms with Crippen molar-refractivity contribution in [1.29, 1.82) is 0 Å². The summed E-state index contributed by atoms with van der Waals surface area (Å²) in [6, 6.07) is 20.4. The Hall–Kier alpha value is -2.33. The first kappa shape index (κ1) is 16.5. The van der Waals surface area contributed by atoms with Gasteiger partial charge in [0.25, 0.3) is 0 Å². The molecule has 0 amide bonds. The smallest absolute Gasteiger partial charge is 0.303 e. The van der Waals surface area contributed by atoms with E-state index in [-0.39, 0.29) is 6.42 Å². The molecule has 0 aliphatic carbocycles. The van der Waals surface area contributed by atoms with Crippen molar-refractivity contribution < 1.29 is 9.90 Å². The van der Waals surface area contributed by atoms with Gasteiger partial charge in [0, 0.05) is 15.9 Å². The van der Waals surface area contributed by atoms with Crippen molar-refractivity contribution in [3.63, 3.8) is 0 Å². The molecule has 1 heterocycles. The van der Waals surface area contributed by atoms with Crippen molar-refractivity contribution in [3.8, 4) is 16.9 Å². The van der Waals surface area contributed by atoms with E-state index >= 15 is 0 Å². The van der Waals surface area contributed by atoms with Crippen molar-refractivity contribution in [2.75, 3.05) is 0 Å². The Balaban J connectivity index is 2.14. The zero-order valence-corrected chi connectivity index (χ0v) is 15.0. The summed E-state index contributed by atoms with van der Waals surface area (Å²) in [4.78, 5) is 11.0. The molecule has 3 rings (SSSR count). The van der Waals surface area contributed by atoms with Crippen LogP contribution in [0.25, 0.3) is 16.9 Å². The minimum absolute atomic E-state index is 0.121. The fourth-order valence-corrected chi connectivity index (χ4v) is 3.12. The predicted octanol–water partition coefficient (Wildman–Crippen LogP) is 5.23. The van der Waals surface area contributed by atoms with Crippen LogP contribution in [0.1, 0.15) is 17.7 Å². The average molecular weight is 384 g/mol. The maximum Gasteiger partial charge on any atom is 0.303 e. The van der Waals surface area contributed by atoms with Gasteiger partial charge in [0.05, 0.1) is 12.1 Å². The topological polar surface area (TPSA) is 42.2 Å². The largest absolute Gasteiger partial charge is 0.481 e. The van der Waals surface area contributed by atoms with E-state index in [2.05, 4.69) is 57.8 Å². The van der Waals surface area contributed by atoms with E-state index in [1.165, 1.54) is 0 Å². The first-order valence-corrected chi connectivity index (χ1v) is 8.60. The second-order valence-corrected chi connectivity index (χ2v) is 6.65. The quantitative estimate of drug-likeness (QED) is 0.654. The number of halogens is 1. The summed E-state index contributed by atoms with van der Waals surface area (Å²) in [5.74, 6) is -0.780. The lowest BCUT2D eigenvalue weighted by Crippen LogP contribution is -2.06. The van der Waals surface area contributed by atoms with Gasteiger partial charge in [0.1, 0.15) is 0 Å². The number of carboxylic acid groups (broad SMARTS) is 1. The zero-order valence-electron chi connectivity index (χ0n) is 13.4. The van der Waals surface area contributed by atoms with Crippen LogP contribution >= 0.6 is 15.9 Å². The molecule has 0 aliphatic heterocycles. The van der Waals surface area contributed by atoms with Crippen LogP contribution < -0.4 is 0 Å². The lowest BCUT2D eigenvalue weighted by atomic mass is 10.1. The molecule has 0 fully saturated rings. The minimum Gasteiger partial charge on any atom is -0.481 e. The van der Waals surface area contributed by atoms with Gasteiger partial charge in [-0.05, 0) is 54.8 Å². The van der Waals surface area contributed by atoms with Crippen LogP contribution in [-0.2, 0) is 11.2 Å². The van der Waals surface area contributed by atoms with Crippen molar-refractivity contribution in [1.82, 2.24) is 4.57 Å². The number of benzene rings is 2. The number of carbonyl (C=O) groups is 1. The third kappa shape index (κ3) is 3.44. The maximum atomic E-state index is 11.0. The molecule has 1 N–H and O–H groups in total. The molecule has 3 nitrogen and oxygen atoms in total. The first-order chi connectivity index (χ1) is 11.6. The van der Waals surface area contributed by atoms with Crippen LogP contribution in [0.3, 0.4) is 0 Å². The molecule has 0 bridgehead atoms. The second kappa shape index (κ2) is 7.05. The number of rotatable bonds is 5. The van der Waals surface area contributed by atoms with Crippen molar-refractivity contribution in [2.45, 2.75) is 19.8 Å². The van der Waals surface area contributed by atoms with Gasteiger partial charge >= 0.3 is 5.97 Å². The molecule has 0 saturated carbocycles. The summed E-state index contributed by atoms with van der Waals surface area (Å²) in [6.45, 7) is 2.07. The molecule has 0 aliphatic rings. The molecule has 0 atom stereocenters. The summed E-state index contributed by atoms with van der Waals surface area (Å²) in [6.07, 6.45) is 0.621. The maximum absolute atomic E-state index is 11.0. The number of hydrogen-bond donors (Lipinski definition) is 1. The molecule has 0 spiro atoms. The van der Waals surface area contributed by atoms with Gasteiger partial charge in [-0.25, -0.2) is 0 Å². The van der Waals surface area contributed by atoms with Gasteiger partial charge in [-0.2, -0.15) is 0 Å². The van der Waals surface area contributed by atoms with E-state index in [4.69, 9.17) is 5.11 Å². The van der Waals surface area contributed by atoms with E-state index in [0.717, 1.165) is 32.7 Å². The van der Waals surface area contributed by atoms with E-state index in [9.17, 15) is 4.79 Å². The van der Waals surface area contributed by atoms with Crippen molar-refractivity contribution in [3.05, 3.63) is 76.4 Å². The number of hydrogen-bond acceptors (Lipinski definition) is 1.